The number of rotatable bonds is 10. The number of fused-ring (bicyclic) bond motifs is 1. The van der Waals surface area contributed by atoms with Gasteiger partial charge in [-0.15, -0.1) is 0 Å². The van der Waals surface area contributed by atoms with Gasteiger partial charge in [0.15, 0.2) is 17.0 Å². The first-order valence-electron chi connectivity index (χ1n) is 14.1. The van der Waals surface area contributed by atoms with Crippen molar-refractivity contribution < 1.29 is 33.4 Å². The quantitative estimate of drug-likeness (QED) is 0.219. The number of carbonyl (C=O) groups excluding carboxylic acids is 4. The number of nitrogens with two attached hydrogens (primary N) is 1. The molecule has 242 valence electrons. The average molecular weight is 625 g/mol. The molecule has 0 aliphatic carbocycles. The van der Waals surface area contributed by atoms with Crippen molar-refractivity contribution >= 4 is 52.6 Å². The second-order valence-electron chi connectivity index (χ2n) is 12.2. The first-order chi connectivity index (χ1) is 20.9. The van der Waals surface area contributed by atoms with Gasteiger partial charge < -0.3 is 30.2 Å². The molecule has 0 fully saturated rings. The van der Waals surface area contributed by atoms with Gasteiger partial charge in [-0.3, -0.25) is 14.9 Å². The maximum atomic E-state index is 13.0. The number of hydrogen-bond donors (Lipinski definition) is 3. The standard InChI is InChI=1S/C30H40N8O7/c1-29(2,3)44-26(41)20(13-14-21(39)43-8)34-25(40)17-9-11-19(12-10-17)38(7)16-18-15-32-23-22(33-18)24(36-27(31)35-23)37-28(42)45-30(4,5)6/h9-12,15,20H,13-14,16H2,1-8H3,(H,34,40)(H3,31,32,35,36,37,42)/t20-/m0/s1. The summed E-state index contributed by atoms with van der Waals surface area (Å²) >= 11 is 0. The van der Waals surface area contributed by atoms with E-state index >= 15 is 0 Å². The topological polar surface area (TPSA) is 201 Å². The van der Waals surface area contributed by atoms with Crippen molar-refractivity contribution in [2.45, 2.75) is 78.2 Å². The summed E-state index contributed by atoms with van der Waals surface area (Å²) in [4.78, 5) is 68.8. The van der Waals surface area contributed by atoms with Gasteiger partial charge in [0.2, 0.25) is 5.95 Å². The minimum atomic E-state index is -1.04. The number of nitrogen functional groups attached to an aromatic ring is 1. The van der Waals surface area contributed by atoms with Crippen molar-refractivity contribution in [1.82, 2.24) is 25.3 Å². The van der Waals surface area contributed by atoms with Crippen LogP contribution in [0.2, 0.25) is 0 Å². The summed E-state index contributed by atoms with van der Waals surface area (Å²) < 4.78 is 15.4. The molecular weight excluding hydrogens is 584 g/mol. The normalized spacial score (nSPS) is 12.2. The summed E-state index contributed by atoms with van der Waals surface area (Å²) in [5, 5.41) is 5.22. The fraction of sp³-hybridized carbons (Fsp3) is 0.467. The lowest BCUT2D eigenvalue weighted by molar-refractivity contribution is -0.157. The van der Waals surface area contributed by atoms with Crippen LogP contribution in [0.25, 0.3) is 11.2 Å². The lowest BCUT2D eigenvalue weighted by Crippen LogP contribution is -2.44. The molecule has 15 nitrogen and oxygen atoms in total. The fourth-order valence-corrected chi connectivity index (χ4v) is 3.95. The molecule has 45 heavy (non-hydrogen) atoms. The lowest BCUT2D eigenvalue weighted by atomic mass is 10.1. The molecule has 0 spiro atoms. The van der Waals surface area contributed by atoms with E-state index in [1.165, 1.54) is 13.3 Å². The van der Waals surface area contributed by atoms with Gasteiger partial charge in [-0.1, -0.05) is 0 Å². The Morgan fingerprint density at radius 2 is 1.60 bits per heavy atom. The van der Waals surface area contributed by atoms with Crippen LogP contribution in [-0.2, 0) is 30.3 Å². The highest BCUT2D eigenvalue weighted by atomic mass is 16.6. The molecule has 2 heterocycles. The Labute approximate surface area is 261 Å². The van der Waals surface area contributed by atoms with E-state index in [0.29, 0.717) is 17.8 Å². The van der Waals surface area contributed by atoms with Crippen molar-refractivity contribution in [2.75, 3.05) is 30.1 Å². The zero-order valence-corrected chi connectivity index (χ0v) is 26.8. The van der Waals surface area contributed by atoms with Crippen molar-refractivity contribution in [3.63, 3.8) is 0 Å². The monoisotopic (exact) mass is 624 g/mol. The number of carbonyl (C=O) groups is 4. The fourth-order valence-electron chi connectivity index (χ4n) is 3.95. The van der Waals surface area contributed by atoms with Gasteiger partial charge >= 0.3 is 18.0 Å². The van der Waals surface area contributed by atoms with Crippen LogP contribution in [0.4, 0.5) is 22.2 Å². The van der Waals surface area contributed by atoms with E-state index in [4.69, 9.17) is 15.2 Å². The third-order valence-electron chi connectivity index (χ3n) is 5.92. The van der Waals surface area contributed by atoms with Gasteiger partial charge in [0, 0.05) is 24.7 Å². The number of nitrogens with zero attached hydrogens (tertiary/aromatic N) is 5. The maximum absolute atomic E-state index is 13.0. The van der Waals surface area contributed by atoms with E-state index < -0.39 is 41.2 Å². The molecule has 0 bridgehead atoms. The Balaban J connectivity index is 1.73. The number of ether oxygens (including phenoxy) is 3. The minimum Gasteiger partial charge on any atom is -0.469 e. The van der Waals surface area contributed by atoms with E-state index in [0.717, 1.165) is 5.69 Å². The summed E-state index contributed by atoms with van der Waals surface area (Å²) in [5.41, 5.74) is 6.33. The van der Waals surface area contributed by atoms with Crippen LogP contribution in [0.5, 0.6) is 0 Å². The molecule has 0 aliphatic rings. The molecule has 2 amide bonds. The Kier molecular flexibility index (Phi) is 10.8. The summed E-state index contributed by atoms with van der Waals surface area (Å²) in [6.07, 6.45) is 0.764. The number of amides is 2. The number of aromatic nitrogens is 4. The van der Waals surface area contributed by atoms with Crippen LogP contribution in [0, 0.1) is 0 Å². The van der Waals surface area contributed by atoms with Crippen LogP contribution in [0.15, 0.2) is 30.5 Å². The Bertz CT molecular complexity index is 1550. The third-order valence-corrected chi connectivity index (χ3v) is 5.92. The molecule has 3 rings (SSSR count). The van der Waals surface area contributed by atoms with Gasteiger partial charge in [-0.05, 0) is 72.2 Å². The molecule has 15 heteroatoms. The van der Waals surface area contributed by atoms with Crippen LogP contribution < -0.4 is 21.3 Å². The Morgan fingerprint density at radius 3 is 2.20 bits per heavy atom. The van der Waals surface area contributed by atoms with Crippen LogP contribution in [-0.4, -0.2) is 75.3 Å². The second-order valence-corrected chi connectivity index (χ2v) is 12.2. The molecule has 1 atom stereocenters. The van der Waals surface area contributed by atoms with E-state index in [-0.39, 0.29) is 35.8 Å². The van der Waals surface area contributed by atoms with Crippen LogP contribution in [0.3, 0.4) is 0 Å². The molecule has 0 saturated carbocycles. The Morgan fingerprint density at radius 1 is 0.956 bits per heavy atom. The van der Waals surface area contributed by atoms with E-state index in [1.807, 2.05) is 11.9 Å². The van der Waals surface area contributed by atoms with Gasteiger partial charge in [-0.2, -0.15) is 9.97 Å². The SMILES string of the molecule is COC(=O)CC[C@H](NC(=O)c1ccc(N(C)Cc2cnc3nc(N)nc(NC(=O)OC(C)(C)C)c3n2)cc1)C(=O)OC(C)(C)C. The highest BCUT2D eigenvalue weighted by molar-refractivity contribution is 5.97. The molecule has 1 aromatic carbocycles. The first kappa shape index (κ1) is 34.4. The van der Waals surface area contributed by atoms with E-state index in [2.05, 4.69) is 35.3 Å². The van der Waals surface area contributed by atoms with Crippen LogP contribution in [0.1, 0.15) is 70.4 Å². The molecule has 2 aromatic heterocycles. The van der Waals surface area contributed by atoms with Crippen molar-refractivity contribution in [3.8, 4) is 0 Å². The van der Waals surface area contributed by atoms with E-state index in [1.54, 1.807) is 65.8 Å². The number of anilines is 3. The highest BCUT2D eigenvalue weighted by Crippen LogP contribution is 2.21. The van der Waals surface area contributed by atoms with Gasteiger partial charge in [0.25, 0.3) is 5.91 Å². The number of nitrogens with one attached hydrogen (secondary N) is 2. The molecule has 0 aliphatic heterocycles. The predicted octanol–water partition coefficient (Wildman–Crippen LogP) is 3.38. The van der Waals surface area contributed by atoms with Crippen LogP contribution >= 0.6 is 0 Å². The number of methoxy groups -OCH3 is 1. The zero-order chi connectivity index (χ0) is 33.5. The van der Waals surface area contributed by atoms with Crippen molar-refractivity contribution in [2.24, 2.45) is 0 Å². The lowest BCUT2D eigenvalue weighted by Gasteiger charge is -2.24. The number of hydrogen-bond acceptors (Lipinski definition) is 13. The number of esters is 2. The number of benzene rings is 1. The van der Waals surface area contributed by atoms with Crippen molar-refractivity contribution in [3.05, 3.63) is 41.7 Å². The van der Waals surface area contributed by atoms with Gasteiger partial charge in [0.1, 0.15) is 17.2 Å². The largest absolute Gasteiger partial charge is 0.469 e. The third kappa shape index (κ3) is 10.5. The molecule has 4 N–H and O–H groups in total. The predicted molar refractivity (Wildman–Crippen MR) is 166 cm³/mol. The first-order valence-corrected chi connectivity index (χ1v) is 14.1. The average Bonchev–Trinajstić information content (AvgIpc) is 2.93. The van der Waals surface area contributed by atoms with Crippen molar-refractivity contribution in [1.29, 1.82) is 0 Å². The second kappa shape index (κ2) is 14.1. The van der Waals surface area contributed by atoms with Gasteiger partial charge in [0.05, 0.1) is 25.5 Å². The molecule has 0 unspecified atom stereocenters. The molecule has 0 saturated heterocycles. The minimum absolute atomic E-state index is 0.0214. The summed E-state index contributed by atoms with van der Waals surface area (Å²) in [7, 11) is 3.08. The smallest absolute Gasteiger partial charge is 0.413 e. The summed E-state index contributed by atoms with van der Waals surface area (Å²) in [5.74, 6) is -1.68. The Hall–Kier alpha value is -5.08. The summed E-state index contributed by atoms with van der Waals surface area (Å²) in [6.45, 7) is 10.7. The van der Waals surface area contributed by atoms with E-state index in [9.17, 15) is 19.2 Å². The zero-order valence-electron chi connectivity index (χ0n) is 26.8. The summed E-state index contributed by atoms with van der Waals surface area (Å²) in [6, 6.07) is 5.65. The molecule has 3 aromatic rings. The molecule has 0 radical (unpaired) electrons. The highest BCUT2D eigenvalue weighted by Gasteiger charge is 2.28. The molecular formula is C30H40N8O7. The van der Waals surface area contributed by atoms with Gasteiger partial charge in [-0.25, -0.2) is 19.6 Å². The maximum Gasteiger partial charge on any atom is 0.413 e.